The van der Waals surface area contributed by atoms with Crippen molar-refractivity contribution in [1.82, 2.24) is 24.5 Å². The zero-order valence-corrected chi connectivity index (χ0v) is 13.1. The molecule has 0 radical (unpaired) electrons. The summed E-state index contributed by atoms with van der Waals surface area (Å²) in [7, 11) is 3.62. The summed E-state index contributed by atoms with van der Waals surface area (Å²) in [4.78, 5) is 28.7. The summed E-state index contributed by atoms with van der Waals surface area (Å²) in [6, 6.07) is 0. The fourth-order valence-electron chi connectivity index (χ4n) is 3.52. The molecule has 8 heteroatoms. The molecule has 2 aromatic heterocycles. The highest BCUT2D eigenvalue weighted by molar-refractivity contribution is 5.99. The first-order valence-electron chi connectivity index (χ1n) is 7.61. The van der Waals surface area contributed by atoms with Gasteiger partial charge in [-0.3, -0.25) is 19.0 Å². The Balaban J connectivity index is 1.48. The molecule has 0 N–H and O–H groups in total. The number of carbonyl (C=O) groups is 2. The van der Waals surface area contributed by atoms with Crippen LogP contribution in [0.25, 0.3) is 0 Å². The van der Waals surface area contributed by atoms with Crippen LogP contribution < -0.4 is 4.90 Å². The molecular weight excluding hydrogens is 296 g/mol. The zero-order chi connectivity index (χ0) is 16.1. The first-order valence-corrected chi connectivity index (χ1v) is 7.61. The molecule has 0 spiro atoms. The maximum absolute atomic E-state index is 12.6. The van der Waals surface area contributed by atoms with Gasteiger partial charge in [-0.25, -0.2) is 0 Å². The molecule has 2 atom stereocenters. The van der Waals surface area contributed by atoms with Gasteiger partial charge in [0.05, 0.1) is 29.6 Å². The molecular formula is C15H18N6O2. The fraction of sp³-hybridized carbons (Fsp3) is 0.467. The zero-order valence-electron chi connectivity index (χ0n) is 13.1. The van der Waals surface area contributed by atoms with Gasteiger partial charge in [0.2, 0.25) is 5.91 Å². The molecule has 0 aliphatic carbocycles. The van der Waals surface area contributed by atoms with Crippen molar-refractivity contribution in [3.8, 4) is 0 Å². The van der Waals surface area contributed by atoms with Crippen LogP contribution in [0.1, 0.15) is 10.4 Å². The van der Waals surface area contributed by atoms with Crippen molar-refractivity contribution in [2.24, 2.45) is 25.9 Å². The Morgan fingerprint density at radius 3 is 2.43 bits per heavy atom. The van der Waals surface area contributed by atoms with E-state index in [9.17, 15) is 9.59 Å². The second kappa shape index (κ2) is 4.94. The molecule has 4 rings (SSSR count). The number of aryl methyl sites for hydroxylation is 2. The second-order valence-electron chi connectivity index (χ2n) is 6.30. The van der Waals surface area contributed by atoms with Crippen LogP contribution in [0.15, 0.2) is 24.8 Å². The molecule has 0 bridgehead atoms. The third-order valence-corrected chi connectivity index (χ3v) is 4.68. The van der Waals surface area contributed by atoms with Crippen LogP contribution >= 0.6 is 0 Å². The predicted molar refractivity (Wildman–Crippen MR) is 81.7 cm³/mol. The molecule has 2 aliphatic heterocycles. The number of hydrogen-bond donors (Lipinski definition) is 0. The average Bonchev–Trinajstić information content (AvgIpc) is 3.25. The Hall–Kier alpha value is -2.64. The van der Waals surface area contributed by atoms with E-state index >= 15 is 0 Å². The maximum atomic E-state index is 12.6. The van der Waals surface area contributed by atoms with Crippen LogP contribution in [0.5, 0.6) is 0 Å². The van der Waals surface area contributed by atoms with E-state index in [1.165, 1.54) is 0 Å². The Kier molecular flexibility index (Phi) is 3.00. The first kappa shape index (κ1) is 14.0. The van der Waals surface area contributed by atoms with E-state index in [0.29, 0.717) is 25.2 Å². The number of nitrogens with zero attached hydrogens (tertiary/aromatic N) is 6. The van der Waals surface area contributed by atoms with Crippen LogP contribution in [0.4, 0.5) is 5.69 Å². The average molecular weight is 314 g/mol. The van der Waals surface area contributed by atoms with Gasteiger partial charge in [-0.2, -0.15) is 10.2 Å². The highest BCUT2D eigenvalue weighted by Crippen LogP contribution is 2.35. The van der Waals surface area contributed by atoms with Gasteiger partial charge in [0.25, 0.3) is 5.91 Å². The van der Waals surface area contributed by atoms with Gasteiger partial charge in [-0.15, -0.1) is 0 Å². The third kappa shape index (κ3) is 2.21. The number of hydrogen-bond acceptors (Lipinski definition) is 4. The quantitative estimate of drug-likeness (QED) is 0.775. The van der Waals surface area contributed by atoms with Crippen molar-refractivity contribution in [1.29, 1.82) is 0 Å². The monoisotopic (exact) mass is 314 g/mol. The van der Waals surface area contributed by atoms with Crippen LogP contribution in [-0.4, -0.2) is 55.9 Å². The van der Waals surface area contributed by atoms with Crippen molar-refractivity contribution in [2.75, 3.05) is 24.5 Å². The van der Waals surface area contributed by atoms with E-state index in [4.69, 9.17) is 0 Å². The molecule has 4 heterocycles. The van der Waals surface area contributed by atoms with Crippen LogP contribution in [0, 0.1) is 11.8 Å². The Morgan fingerprint density at radius 1 is 1.09 bits per heavy atom. The molecule has 2 aliphatic rings. The van der Waals surface area contributed by atoms with Gasteiger partial charge in [0, 0.05) is 52.0 Å². The highest BCUT2D eigenvalue weighted by atomic mass is 16.2. The Bertz CT molecular complexity index is 779. The number of likely N-dealkylation sites (tertiary alicyclic amines) is 1. The van der Waals surface area contributed by atoms with E-state index in [2.05, 4.69) is 10.2 Å². The fourth-order valence-corrected chi connectivity index (χ4v) is 3.52. The summed E-state index contributed by atoms with van der Waals surface area (Å²) in [5.41, 5.74) is 1.40. The summed E-state index contributed by atoms with van der Waals surface area (Å²) in [6.45, 7) is 1.74. The minimum Gasteiger partial charge on any atom is -0.337 e. The van der Waals surface area contributed by atoms with Crippen molar-refractivity contribution in [3.05, 3.63) is 30.4 Å². The lowest BCUT2D eigenvalue weighted by atomic mass is 10.0. The third-order valence-electron chi connectivity index (χ3n) is 4.68. The molecule has 2 fully saturated rings. The van der Waals surface area contributed by atoms with Gasteiger partial charge in [-0.05, 0) is 0 Å². The molecule has 0 unspecified atom stereocenters. The summed E-state index contributed by atoms with van der Waals surface area (Å²) in [5, 5.41) is 8.16. The normalized spacial score (nSPS) is 23.7. The van der Waals surface area contributed by atoms with E-state index < -0.39 is 0 Å². The van der Waals surface area contributed by atoms with E-state index in [0.717, 1.165) is 5.69 Å². The summed E-state index contributed by atoms with van der Waals surface area (Å²) >= 11 is 0. The van der Waals surface area contributed by atoms with E-state index in [1.807, 2.05) is 13.2 Å². The van der Waals surface area contributed by atoms with Gasteiger partial charge >= 0.3 is 0 Å². The molecule has 2 aromatic rings. The largest absolute Gasteiger partial charge is 0.337 e. The number of amides is 2. The lowest BCUT2D eigenvalue weighted by molar-refractivity contribution is -0.120. The van der Waals surface area contributed by atoms with Gasteiger partial charge in [-0.1, -0.05) is 0 Å². The van der Waals surface area contributed by atoms with Gasteiger partial charge in [0.1, 0.15) is 0 Å². The summed E-state index contributed by atoms with van der Waals surface area (Å²) in [5.74, 6) is 0.108. The molecule has 23 heavy (non-hydrogen) atoms. The SMILES string of the molecule is Cn1cc(C(=O)N2C[C@@H]3CN(c4cnn(C)c4)C(=O)[C@@H]3C2)cn1. The Labute approximate surface area is 133 Å². The molecule has 2 amide bonds. The minimum absolute atomic E-state index is 0.0479. The lowest BCUT2D eigenvalue weighted by Gasteiger charge is -2.20. The highest BCUT2D eigenvalue weighted by Gasteiger charge is 2.48. The number of aromatic nitrogens is 4. The Morgan fingerprint density at radius 2 is 1.83 bits per heavy atom. The number of fused-ring (bicyclic) bond motifs is 1. The molecule has 2 saturated heterocycles. The molecule has 120 valence electrons. The molecule has 8 nitrogen and oxygen atoms in total. The summed E-state index contributed by atoms with van der Waals surface area (Å²) in [6.07, 6.45) is 6.83. The summed E-state index contributed by atoms with van der Waals surface area (Å²) < 4.78 is 3.30. The predicted octanol–water partition coefficient (Wildman–Crippen LogP) is -0.111. The molecule has 0 saturated carbocycles. The van der Waals surface area contributed by atoms with Gasteiger partial charge < -0.3 is 9.80 Å². The van der Waals surface area contributed by atoms with Gasteiger partial charge in [0.15, 0.2) is 0 Å². The number of rotatable bonds is 2. The molecule has 0 aromatic carbocycles. The second-order valence-corrected chi connectivity index (χ2v) is 6.30. The first-order chi connectivity index (χ1) is 11.0. The topological polar surface area (TPSA) is 76.3 Å². The van der Waals surface area contributed by atoms with Crippen LogP contribution in [0.2, 0.25) is 0 Å². The smallest absolute Gasteiger partial charge is 0.257 e. The van der Waals surface area contributed by atoms with Crippen LogP contribution in [0.3, 0.4) is 0 Å². The van der Waals surface area contributed by atoms with Crippen molar-refractivity contribution in [2.45, 2.75) is 0 Å². The van der Waals surface area contributed by atoms with E-state index in [-0.39, 0.29) is 23.7 Å². The standard InChI is InChI=1S/C15H18N6O2/c1-18-5-10(3-16-18)14(22)20-6-11-7-21(15(23)13(11)9-20)12-4-17-19(2)8-12/h3-5,8,11,13H,6-7,9H2,1-2H3/t11-,13-/m1/s1. The minimum atomic E-state index is -0.115. The van der Waals surface area contributed by atoms with Crippen molar-refractivity contribution >= 4 is 17.5 Å². The van der Waals surface area contributed by atoms with Crippen LogP contribution in [-0.2, 0) is 18.9 Å². The van der Waals surface area contributed by atoms with Crippen molar-refractivity contribution in [3.63, 3.8) is 0 Å². The number of anilines is 1. The van der Waals surface area contributed by atoms with Crippen molar-refractivity contribution < 1.29 is 9.59 Å². The maximum Gasteiger partial charge on any atom is 0.257 e. The number of carbonyl (C=O) groups excluding carboxylic acids is 2. The lowest BCUT2D eigenvalue weighted by Crippen LogP contribution is -2.35. The van der Waals surface area contributed by atoms with E-state index in [1.54, 1.807) is 44.8 Å².